The van der Waals surface area contributed by atoms with E-state index in [2.05, 4.69) is 25.6 Å². The molecule has 2 heterocycles. The first kappa shape index (κ1) is 21.8. The van der Waals surface area contributed by atoms with E-state index in [-0.39, 0.29) is 34.7 Å². The number of nitrogens with one attached hydrogen (secondary N) is 3. The minimum Gasteiger partial charge on any atom is -0.392 e. The van der Waals surface area contributed by atoms with Crippen LogP contribution >= 0.6 is 11.3 Å². The van der Waals surface area contributed by atoms with Crippen molar-refractivity contribution in [2.45, 2.75) is 19.2 Å². The van der Waals surface area contributed by atoms with Crippen molar-refractivity contribution in [2.24, 2.45) is 0 Å². The van der Waals surface area contributed by atoms with Crippen molar-refractivity contribution in [1.82, 2.24) is 15.0 Å². The molecule has 1 atom stereocenters. The van der Waals surface area contributed by atoms with Gasteiger partial charge in [0.15, 0.2) is 5.13 Å². The van der Waals surface area contributed by atoms with Crippen LogP contribution < -0.4 is 10.6 Å². The summed E-state index contributed by atoms with van der Waals surface area (Å²) in [5.74, 6) is -0.471. The number of rotatable bonds is 6. The van der Waals surface area contributed by atoms with E-state index in [1.54, 1.807) is 29.8 Å². The maximum atomic E-state index is 13.8. The van der Waals surface area contributed by atoms with Crippen LogP contribution in [-0.2, 0) is 6.18 Å². The van der Waals surface area contributed by atoms with Gasteiger partial charge in [0.05, 0.1) is 22.7 Å². The Labute approximate surface area is 184 Å². The fraction of sp³-hybridized carbons (Fsp3) is 0.190. The largest absolute Gasteiger partial charge is 0.417 e. The Morgan fingerprint density at radius 1 is 1.28 bits per heavy atom. The zero-order valence-corrected chi connectivity index (χ0v) is 17.5. The second kappa shape index (κ2) is 8.60. The average Bonchev–Trinajstić information content (AvgIpc) is 3.40. The van der Waals surface area contributed by atoms with Crippen molar-refractivity contribution in [3.63, 3.8) is 0 Å². The number of thiazole rings is 1. The molecule has 7 nitrogen and oxygen atoms in total. The van der Waals surface area contributed by atoms with Gasteiger partial charge in [-0.2, -0.15) is 13.2 Å². The van der Waals surface area contributed by atoms with Crippen LogP contribution in [0.4, 0.5) is 24.0 Å². The van der Waals surface area contributed by atoms with Gasteiger partial charge in [0, 0.05) is 29.4 Å². The summed E-state index contributed by atoms with van der Waals surface area (Å²) in [6, 6.07) is 8.56. The molecule has 0 spiro atoms. The average molecular weight is 461 g/mol. The van der Waals surface area contributed by atoms with Gasteiger partial charge in [0.25, 0.3) is 5.91 Å². The second-order valence-corrected chi connectivity index (χ2v) is 7.96. The van der Waals surface area contributed by atoms with Crippen LogP contribution in [0.25, 0.3) is 22.4 Å². The third kappa shape index (κ3) is 4.58. The van der Waals surface area contributed by atoms with E-state index in [0.717, 1.165) is 6.07 Å². The number of aliphatic hydroxyl groups excluding tert-OH is 1. The fourth-order valence-corrected chi connectivity index (χ4v) is 3.68. The third-order valence-electron chi connectivity index (χ3n) is 4.59. The maximum absolute atomic E-state index is 13.8. The summed E-state index contributed by atoms with van der Waals surface area (Å²) in [5, 5.41) is 16.9. The number of carbonyl (C=O) groups is 1. The highest BCUT2D eigenvalue weighted by Gasteiger charge is 2.35. The van der Waals surface area contributed by atoms with Crippen molar-refractivity contribution in [1.29, 1.82) is 0 Å². The SMILES string of the molecule is C[C@@H](O)CNc1ccc(-c2nc3c(C(=O)Nc4nccs4)cccc3[nH]2)c(C(F)(F)F)c1. The molecule has 32 heavy (non-hydrogen) atoms. The lowest BCUT2D eigenvalue weighted by Crippen LogP contribution is -2.16. The first-order valence-corrected chi connectivity index (χ1v) is 10.4. The summed E-state index contributed by atoms with van der Waals surface area (Å²) in [6.45, 7) is 1.64. The Morgan fingerprint density at radius 2 is 2.09 bits per heavy atom. The first-order valence-electron chi connectivity index (χ1n) is 9.55. The highest BCUT2D eigenvalue weighted by atomic mass is 32.1. The molecule has 0 saturated heterocycles. The van der Waals surface area contributed by atoms with Gasteiger partial charge in [-0.25, -0.2) is 9.97 Å². The number of aliphatic hydroxyl groups is 1. The molecule has 4 aromatic rings. The van der Waals surface area contributed by atoms with Crippen LogP contribution in [-0.4, -0.2) is 38.6 Å². The van der Waals surface area contributed by atoms with Crippen molar-refractivity contribution in [3.05, 3.63) is 59.1 Å². The first-order chi connectivity index (χ1) is 15.2. The number of imidazole rings is 1. The second-order valence-electron chi connectivity index (χ2n) is 7.07. The number of H-pyrrole nitrogens is 1. The number of nitrogens with zero attached hydrogens (tertiary/aromatic N) is 2. The standard InChI is InChI=1S/C21H18F3N5O2S/c1-11(30)10-26-12-5-6-13(15(9-12)21(22,23)24)18-27-16-4-2-3-14(17(16)28-18)19(31)29-20-25-7-8-32-20/h2-9,11,26,30H,10H2,1H3,(H,27,28)(H,25,29,31)/t11-/m1/s1. The molecular weight excluding hydrogens is 443 g/mol. The lowest BCUT2D eigenvalue weighted by molar-refractivity contribution is -0.137. The number of anilines is 2. The topological polar surface area (TPSA) is 103 Å². The minimum atomic E-state index is -4.64. The molecule has 166 valence electrons. The Balaban J connectivity index is 1.74. The van der Waals surface area contributed by atoms with Gasteiger partial charge in [-0.05, 0) is 37.3 Å². The Morgan fingerprint density at radius 3 is 2.78 bits per heavy atom. The number of alkyl halides is 3. The molecule has 2 aromatic carbocycles. The van der Waals surface area contributed by atoms with E-state index in [0.29, 0.717) is 10.6 Å². The molecule has 0 aliphatic carbocycles. The zero-order chi connectivity index (χ0) is 22.9. The number of aromatic amines is 1. The van der Waals surface area contributed by atoms with Crippen LogP contribution in [0.1, 0.15) is 22.8 Å². The van der Waals surface area contributed by atoms with Gasteiger partial charge in [-0.15, -0.1) is 11.3 Å². The third-order valence-corrected chi connectivity index (χ3v) is 5.28. The monoisotopic (exact) mass is 461 g/mol. The number of carbonyl (C=O) groups excluding carboxylic acids is 1. The van der Waals surface area contributed by atoms with Crippen LogP contribution in [0.15, 0.2) is 48.0 Å². The Hall–Kier alpha value is -3.44. The van der Waals surface area contributed by atoms with Gasteiger partial charge >= 0.3 is 6.18 Å². The quantitative estimate of drug-likeness (QED) is 0.332. The predicted molar refractivity (Wildman–Crippen MR) is 117 cm³/mol. The highest BCUT2D eigenvalue weighted by Crippen LogP contribution is 2.38. The summed E-state index contributed by atoms with van der Waals surface area (Å²) in [4.78, 5) is 23.9. The van der Waals surface area contributed by atoms with E-state index in [4.69, 9.17) is 0 Å². The molecule has 0 bridgehead atoms. The summed E-state index contributed by atoms with van der Waals surface area (Å²) < 4.78 is 41.4. The number of fused-ring (bicyclic) bond motifs is 1. The number of aromatic nitrogens is 3. The van der Waals surface area contributed by atoms with E-state index in [9.17, 15) is 23.1 Å². The lowest BCUT2D eigenvalue weighted by Gasteiger charge is -2.15. The van der Waals surface area contributed by atoms with Gasteiger partial charge in [-0.3, -0.25) is 10.1 Å². The molecule has 0 aliphatic heterocycles. The van der Waals surface area contributed by atoms with Crippen molar-refractivity contribution >= 4 is 39.1 Å². The van der Waals surface area contributed by atoms with E-state index in [1.807, 2.05) is 0 Å². The number of halogens is 3. The molecule has 11 heteroatoms. The molecule has 4 N–H and O–H groups in total. The molecule has 2 aromatic heterocycles. The molecule has 0 saturated carbocycles. The van der Waals surface area contributed by atoms with Crippen molar-refractivity contribution in [3.8, 4) is 11.4 Å². The van der Waals surface area contributed by atoms with Crippen LogP contribution in [0.3, 0.4) is 0 Å². The summed E-state index contributed by atoms with van der Waals surface area (Å²) in [5.41, 5.74) is 0.0753. The van der Waals surface area contributed by atoms with Crippen LogP contribution in [0.2, 0.25) is 0 Å². The summed E-state index contributed by atoms with van der Waals surface area (Å²) in [6.07, 6.45) is -3.80. The normalized spacial score (nSPS) is 12.7. The van der Waals surface area contributed by atoms with E-state index < -0.39 is 23.8 Å². The van der Waals surface area contributed by atoms with Crippen molar-refractivity contribution < 1.29 is 23.1 Å². The lowest BCUT2D eigenvalue weighted by atomic mass is 10.1. The zero-order valence-electron chi connectivity index (χ0n) is 16.7. The molecule has 1 amide bonds. The van der Waals surface area contributed by atoms with Crippen LogP contribution in [0.5, 0.6) is 0 Å². The van der Waals surface area contributed by atoms with Gasteiger partial charge in [0.2, 0.25) is 0 Å². The number of hydrogen-bond donors (Lipinski definition) is 4. The molecule has 0 unspecified atom stereocenters. The number of hydrogen-bond acceptors (Lipinski definition) is 6. The molecule has 0 aliphatic rings. The number of amides is 1. The Kier molecular flexibility index (Phi) is 5.85. The molecule has 0 radical (unpaired) electrons. The Bertz CT molecular complexity index is 1250. The van der Waals surface area contributed by atoms with Crippen LogP contribution in [0, 0.1) is 0 Å². The molecular formula is C21H18F3N5O2S. The highest BCUT2D eigenvalue weighted by molar-refractivity contribution is 7.13. The molecule has 4 rings (SSSR count). The number of benzene rings is 2. The molecule has 0 fully saturated rings. The summed E-state index contributed by atoms with van der Waals surface area (Å²) in [7, 11) is 0. The smallest absolute Gasteiger partial charge is 0.392 e. The van der Waals surface area contributed by atoms with Gasteiger partial charge in [-0.1, -0.05) is 6.07 Å². The fourth-order valence-electron chi connectivity index (χ4n) is 3.15. The summed E-state index contributed by atoms with van der Waals surface area (Å²) >= 11 is 1.25. The van der Waals surface area contributed by atoms with Gasteiger partial charge in [0.1, 0.15) is 11.3 Å². The predicted octanol–water partition coefficient (Wildman–Crippen LogP) is 4.75. The van der Waals surface area contributed by atoms with Crippen molar-refractivity contribution in [2.75, 3.05) is 17.2 Å². The number of para-hydroxylation sites is 1. The van der Waals surface area contributed by atoms with E-state index >= 15 is 0 Å². The minimum absolute atomic E-state index is 0.0103. The van der Waals surface area contributed by atoms with Gasteiger partial charge < -0.3 is 15.4 Å². The van der Waals surface area contributed by atoms with E-state index in [1.165, 1.54) is 30.4 Å². The maximum Gasteiger partial charge on any atom is 0.417 e.